The van der Waals surface area contributed by atoms with Crippen molar-refractivity contribution in [2.24, 2.45) is 0 Å². The van der Waals surface area contributed by atoms with Crippen molar-refractivity contribution in [1.82, 2.24) is 10.3 Å². The summed E-state index contributed by atoms with van der Waals surface area (Å²) >= 11 is 0. The number of hydrogen-bond donors (Lipinski definition) is 2. The van der Waals surface area contributed by atoms with Gasteiger partial charge in [0.05, 0.1) is 0 Å². The van der Waals surface area contributed by atoms with Gasteiger partial charge in [-0.25, -0.2) is 4.39 Å². The van der Waals surface area contributed by atoms with Gasteiger partial charge in [-0.05, 0) is 73.6 Å². The highest BCUT2D eigenvalue weighted by Gasteiger charge is 2.17. The van der Waals surface area contributed by atoms with Crippen molar-refractivity contribution < 1.29 is 9.18 Å². The Hall–Kier alpha value is -2.82. The number of aromatic nitrogens is 1. The lowest BCUT2D eigenvalue weighted by Crippen LogP contribution is -2.29. The average Bonchev–Trinajstić information content (AvgIpc) is 3.12. The number of nitrogens with zero attached hydrogens (tertiary/aromatic N) is 1. The molecule has 0 bridgehead atoms. The summed E-state index contributed by atoms with van der Waals surface area (Å²) in [5.41, 5.74) is 4.69. The van der Waals surface area contributed by atoms with E-state index in [-0.39, 0.29) is 11.7 Å². The quantitative estimate of drug-likeness (QED) is 0.630. The number of fused-ring (bicyclic) bond motifs is 1. The molecule has 4 nitrogen and oxygen atoms in total. The second-order valence-corrected chi connectivity index (χ2v) is 7.74. The van der Waals surface area contributed by atoms with E-state index in [1.165, 1.54) is 42.6 Å². The molecular formula is C24H28FN3O. The lowest BCUT2D eigenvalue weighted by atomic mass is 10.1. The fourth-order valence-corrected chi connectivity index (χ4v) is 4.22. The van der Waals surface area contributed by atoms with Gasteiger partial charge in [-0.3, -0.25) is 4.79 Å². The minimum absolute atomic E-state index is 0.136. The maximum atomic E-state index is 13.6. The number of amides is 1. The number of H-pyrrole nitrogens is 1. The Bertz CT molecular complexity index is 987. The summed E-state index contributed by atoms with van der Waals surface area (Å²) in [6.07, 6.45) is 5.33. The summed E-state index contributed by atoms with van der Waals surface area (Å²) in [4.78, 5) is 18.3. The molecule has 0 unspecified atom stereocenters. The van der Waals surface area contributed by atoms with Crippen molar-refractivity contribution in [1.29, 1.82) is 0 Å². The van der Waals surface area contributed by atoms with Crippen LogP contribution >= 0.6 is 0 Å². The van der Waals surface area contributed by atoms with Crippen LogP contribution in [0.2, 0.25) is 0 Å². The summed E-state index contributed by atoms with van der Waals surface area (Å²) in [6.45, 7) is 4.83. The number of benzene rings is 2. The van der Waals surface area contributed by atoms with Crippen LogP contribution in [0, 0.1) is 5.82 Å². The largest absolute Gasteiger partial charge is 0.372 e. The van der Waals surface area contributed by atoms with E-state index in [1.54, 1.807) is 6.07 Å². The van der Waals surface area contributed by atoms with Crippen molar-refractivity contribution in [2.75, 3.05) is 24.5 Å². The van der Waals surface area contributed by atoms with Gasteiger partial charge in [-0.1, -0.05) is 19.1 Å². The Morgan fingerprint density at radius 3 is 2.59 bits per heavy atom. The maximum Gasteiger partial charge on any atom is 0.268 e. The molecule has 2 heterocycles. The van der Waals surface area contributed by atoms with Crippen LogP contribution in [-0.4, -0.2) is 30.5 Å². The number of aromatic amines is 1. The number of carbonyl (C=O) groups is 1. The van der Waals surface area contributed by atoms with Gasteiger partial charge in [0.25, 0.3) is 5.91 Å². The second kappa shape index (κ2) is 8.68. The molecule has 0 spiro atoms. The van der Waals surface area contributed by atoms with Crippen LogP contribution in [0.25, 0.3) is 10.9 Å². The third kappa shape index (κ3) is 4.29. The van der Waals surface area contributed by atoms with Crippen LogP contribution in [0.1, 0.15) is 47.8 Å². The molecule has 3 aromatic rings. The predicted octanol–water partition coefficient (Wildman–Crippen LogP) is 4.83. The van der Waals surface area contributed by atoms with E-state index < -0.39 is 0 Å². The van der Waals surface area contributed by atoms with Gasteiger partial charge in [-0.2, -0.15) is 0 Å². The number of carbonyl (C=O) groups excluding carboxylic acids is 1. The first kappa shape index (κ1) is 19.5. The Morgan fingerprint density at radius 1 is 1.10 bits per heavy atom. The minimum Gasteiger partial charge on any atom is -0.372 e. The standard InChI is InChI=1S/C24H28FN3O/c1-2-20-21-16-18(25)8-11-22(21)27-23(20)24(29)26-13-12-17-6-9-19(10-7-17)28-14-4-3-5-15-28/h6-11,16,27H,2-5,12-15H2,1H3,(H,26,29). The van der Waals surface area contributed by atoms with Gasteiger partial charge in [0.1, 0.15) is 11.5 Å². The van der Waals surface area contributed by atoms with Crippen LogP contribution in [0.3, 0.4) is 0 Å². The van der Waals surface area contributed by atoms with Crippen molar-refractivity contribution in [3.8, 4) is 0 Å². The number of hydrogen-bond acceptors (Lipinski definition) is 2. The average molecular weight is 394 g/mol. The molecule has 0 atom stereocenters. The summed E-state index contributed by atoms with van der Waals surface area (Å²) in [6, 6.07) is 13.3. The van der Waals surface area contributed by atoms with Crippen LogP contribution in [0.4, 0.5) is 10.1 Å². The zero-order valence-electron chi connectivity index (χ0n) is 16.9. The molecule has 152 valence electrons. The Kier molecular flexibility index (Phi) is 5.84. The monoisotopic (exact) mass is 393 g/mol. The predicted molar refractivity (Wildman–Crippen MR) is 116 cm³/mol. The van der Waals surface area contributed by atoms with Gasteiger partial charge in [0, 0.05) is 36.2 Å². The van der Waals surface area contributed by atoms with E-state index in [1.807, 2.05) is 6.92 Å². The number of rotatable bonds is 6. The third-order valence-corrected chi connectivity index (χ3v) is 5.81. The topological polar surface area (TPSA) is 48.1 Å². The van der Waals surface area contributed by atoms with Gasteiger partial charge in [0.2, 0.25) is 0 Å². The minimum atomic E-state index is -0.286. The molecule has 4 rings (SSSR count). The smallest absolute Gasteiger partial charge is 0.268 e. The molecule has 2 N–H and O–H groups in total. The summed E-state index contributed by atoms with van der Waals surface area (Å²) in [5, 5.41) is 3.78. The fraction of sp³-hybridized carbons (Fsp3) is 0.375. The van der Waals surface area contributed by atoms with Crippen molar-refractivity contribution >= 4 is 22.5 Å². The van der Waals surface area contributed by atoms with Crippen LogP contribution < -0.4 is 10.2 Å². The van der Waals surface area contributed by atoms with Crippen LogP contribution in [0.15, 0.2) is 42.5 Å². The number of anilines is 1. The Balaban J connectivity index is 1.37. The maximum absolute atomic E-state index is 13.6. The Morgan fingerprint density at radius 2 is 1.86 bits per heavy atom. The molecule has 1 aliphatic rings. The third-order valence-electron chi connectivity index (χ3n) is 5.81. The van der Waals surface area contributed by atoms with E-state index >= 15 is 0 Å². The zero-order valence-corrected chi connectivity index (χ0v) is 16.9. The van der Waals surface area contributed by atoms with Gasteiger partial charge in [0.15, 0.2) is 0 Å². The molecule has 1 aliphatic heterocycles. The molecule has 0 saturated carbocycles. The van der Waals surface area contributed by atoms with E-state index in [9.17, 15) is 9.18 Å². The summed E-state index contributed by atoms with van der Waals surface area (Å²) < 4.78 is 13.6. The van der Waals surface area contributed by atoms with Gasteiger partial charge in [-0.15, -0.1) is 0 Å². The van der Waals surface area contributed by atoms with E-state index in [0.29, 0.717) is 18.7 Å². The first-order valence-electron chi connectivity index (χ1n) is 10.6. The molecular weight excluding hydrogens is 365 g/mol. The normalized spacial score (nSPS) is 14.3. The molecule has 1 amide bonds. The molecule has 0 radical (unpaired) electrons. The van der Waals surface area contributed by atoms with Crippen molar-refractivity contribution in [2.45, 2.75) is 39.0 Å². The van der Waals surface area contributed by atoms with E-state index in [2.05, 4.69) is 39.5 Å². The van der Waals surface area contributed by atoms with Crippen LogP contribution in [-0.2, 0) is 12.8 Å². The summed E-state index contributed by atoms with van der Waals surface area (Å²) in [5.74, 6) is -0.422. The molecule has 2 aromatic carbocycles. The molecule has 5 heteroatoms. The number of halogens is 1. The highest BCUT2D eigenvalue weighted by molar-refractivity contribution is 6.01. The van der Waals surface area contributed by atoms with Gasteiger partial charge >= 0.3 is 0 Å². The number of nitrogens with one attached hydrogen (secondary N) is 2. The first-order valence-corrected chi connectivity index (χ1v) is 10.6. The first-order chi connectivity index (χ1) is 14.2. The van der Waals surface area contributed by atoms with Crippen LogP contribution in [0.5, 0.6) is 0 Å². The molecule has 1 fully saturated rings. The highest BCUT2D eigenvalue weighted by Crippen LogP contribution is 2.24. The SMILES string of the molecule is CCc1c(C(=O)NCCc2ccc(N3CCCCC3)cc2)[nH]c2ccc(F)cc12. The molecule has 29 heavy (non-hydrogen) atoms. The zero-order chi connectivity index (χ0) is 20.2. The van der Waals surface area contributed by atoms with E-state index in [0.717, 1.165) is 36.0 Å². The summed E-state index contributed by atoms with van der Waals surface area (Å²) in [7, 11) is 0. The lowest BCUT2D eigenvalue weighted by Gasteiger charge is -2.28. The number of aryl methyl sites for hydroxylation is 1. The van der Waals surface area contributed by atoms with Crippen molar-refractivity contribution in [3.63, 3.8) is 0 Å². The lowest BCUT2D eigenvalue weighted by molar-refractivity contribution is 0.0949. The molecule has 1 saturated heterocycles. The second-order valence-electron chi connectivity index (χ2n) is 7.74. The van der Waals surface area contributed by atoms with Crippen molar-refractivity contribution in [3.05, 3.63) is 65.1 Å². The van der Waals surface area contributed by atoms with E-state index in [4.69, 9.17) is 0 Å². The Labute approximate surface area is 171 Å². The number of piperidine rings is 1. The molecule has 0 aliphatic carbocycles. The molecule has 1 aromatic heterocycles. The highest BCUT2D eigenvalue weighted by atomic mass is 19.1. The van der Waals surface area contributed by atoms with Gasteiger partial charge < -0.3 is 15.2 Å². The fourth-order valence-electron chi connectivity index (χ4n) is 4.22.